The average molecular weight is 239 g/mol. The number of hydrogen-bond donors (Lipinski definition) is 0. The summed E-state index contributed by atoms with van der Waals surface area (Å²) in [5.41, 5.74) is 2.44. The number of hydrogen-bond acceptors (Lipinski definition) is 2. The molecule has 17 heavy (non-hydrogen) atoms. The first-order chi connectivity index (χ1) is 7.79. The summed E-state index contributed by atoms with van der Waals surface area (Å²) in [6.07, 6.45) is 4.60. The molecule has 0 atom stereocenters. The van der Waals surface area contributed by atoms with Crippen molar-refractivity contribution in [1.82, 2.24) is 4.90 Å². The standard InChI is InChI=1S/C14H25NO2/c1-11-8-6-7-9-12(11)10-15(5)13(16)17-14(2,3)4/h6-10H2,1-5H3. The molecule has 0 heterocycles. The largest absolute Gasteiger partial charge is 0.444 e. The Balaban J connectivity index is 2.54. The number of carbonyl (C=O) groups is 1. The predicted octanol–water partition coefficient (Wildman–Crippen LogP) is 3.74. The van der Waals surface area contributed by atoms with Crippen molar-refractivity contribution in [2.75, 3.05) is 13.6 Å². The molecule has 0 aromatic carbocycles. The third kappa shape index (κ3) is 4.80. The van der Waals surface area contributed by atoms with Gasteiger partial charge in [0.2, 0.25) is 0 Å². The molecule has 1 amide bonds. The second-order valence-corrected chi connectivity index (χ2v) is 5.93. The van der Waals surface area contributed by atoms with Gasteiger partial charge in [-0.2, -0.15) is 0 Å². The van der Waals surface area contributed by atoms with Crippen molar-refractivity contribution >= 4 is 6.09 Å². The van der Waals surface area contributed by atoms with Gasteiger partial charge in [-0.05, 0) is 53.4 Å². The first-order valence-electron chi connectivity index (χ1n) is 6.41. The van der Waals surface area contributed by atoms with Crippen LogP contribution in [0, 0.1) is 0 Å². The van der Waals surface area contributed by atoms with Crippen molar-refractivity contribution in [3.63, 3.8) is 0 Å². The van der Waals surface area contributed by atoms with E-state index in [4.69, 9.17) is 4.74 Å². The zero-order valence-corrected chi connectivity index (χ0v) is 11.8. The number of carbonyl (C=O) groups excluding carboxylic acids is 1. The maximum absolute atomic E-state index is 11.8. The minimum Gasteiger partial charge on any atom is -0.444 e. The number of allylic oxidation sites excluding steroid dienone is 1. The summed E-state index contributed by atoms with van der Waals surface area (Å²) in [5.74, 6) is 0. The van der Waals surface area contributed by atoms with Crippen LogP contribution >= 0.6 is 0 Å². The monoisotopic (exact) mass is 239 g/mol. The van der Waals surface area contributed by atoms with Crippen molar-refractivity contribution in [3.8, 4) is 0 Å². The second kappa shape index (κ2) is 5.56. The topological polar surface area (TPSA) is 29.5 Å². The van der Waals surface area contributed by atoms with Crippen LogP contribution in [-0.4, -0.2) is 30.2 Å². The summed E-state index contributed by atoms with van der Waals surface area (Å²) in [5, 5.41) is 0. The Morgan fingerprint density at radius 2 is 1.88 bits per heavy atom. The molecule has 0 unspecified atom stereocenters. The maximum atomic E-state index is 11.8. The van der Waals surface area contributed by atoms with Crippen LogP contribution < -0.4 is 0 Å². The fourth-order valence-electron chi connectivity index (χ4n) is 2.02. The molecule has 0 fully saturated rings. The van der Waals surface area contributed by atoms with E-state index in [-0.39, 0.29) is 6.09 Å². The minimum absolute atomic E-state index is 0.233. The molecule has 1 rings (SSSR count). The lowest BCUT2D eigenvalue weighted by Crippen LogP contribution is -2.35. The van der Waals surface area contributed by atoms with E-state index in [0.29, 0.717) is 6.54 Å². The van der Waals surface area contributed by atoms with Crippen molar-refractivity contribution < 1.29 is 9.53 Å². The quantitative estimate of drug-likeness (QED) is 0.687. The number of likely N-dealkylation sites (N-methyl/N-ethyl adjacent to an activating group) is 1. The van der Waals surface area contributed by atoms with Gasteiger partial charge in [0.1, 0.15) is 5.60 Å². The van der Waals surface area contributed by atoms with Crippen LogP contribution in [0.25, 0.3) is 0 Å². The lowest BCUT2D eigenvalue weighted by molar-refractivity contribution is 0.0311. The Hall–Kier alpha value is -0.990. The number of amides is 1. The molecule has 1 aliphatic rings. The zero-order chi connectivity index (χ0) is 13.1. The first kappa shape index (κ1) is 14.1. The molecule has 1 aliphatic carbocycles. The van der Waals surface area contributed by atoms with Gasteiger partial charge in [-0.25, -0.2) is 4.79 Å². The molecule has 0 saturated carbocycles. The molecule has 0 saturated heterocycles. The van der Waals surface area contributed by atoms with E-state index >= 15 is 0 Å². The highest BCUT2D eigenvalue weighted by atomic mass is 16.6. The van der Waals surface area contributed by atoms with Crippen molar-refractivity contribution in [2.24, 2.45) is 0 Å². The van der Waals surface area contributed by atoms with Crippen molar-refractivity contribution in [1.29, 1.82) is 0 Å². The van der Waals surface area contributed by atoms with Crippen LogP contribution in [0.2, 0.25) is 0 Å². The van der Waals surface area contributed by atoms with E-state index in [0.717, 1.165) is 6.42 Å². The number of nitrogens with zero attached hydrogens (tertiary/aromatic N) is 1. The summed E-state index contributed by atoms with van der Waals surface area (Å²) in [7, 11) is 1.81. The second-order valence-electron chi connectivity index (χ2n) is 5.93. The van der Waals surface area contributed by atoms with Gasteiger partial charge in [0.25, 0.3) is 0 Å². The van der Waals surface area contributed by atoms with E-state index in [1.807, 2.05) is 27.8 Å². The molecule has 0 N–H and O–H groups in total. The Bertz CT molecular complexity index is 313. The predicted molar refractivity (Wildman–Crippen MR) is 70.0 cm³/mol. The molecule has 0 aliphatic heterocycles. The van der Waals surface area contributed by atoms with Gasteiger partial charge in [0, 0.05) is 13.6 Å². The summed E-state index contributed by atoms with van der Waals surface area (Å²) in [6, 6.07) is 0. The SMILES string of the molecule is CC1=C(CN(C)C(=O)OC(C)(C)C)CCCC1. The average Bonchev–Trinajstić information content (AvgIpc) is 2.18. The number of ether oxygens (including phenoxy) is 1. The molecule has 0 radical (unpaired) electrons. The molecule has 0 spiro atoms. The number of rotatable bonds is 2. The normalized spacial score (nSPS) is 17.0. The lowest BCUT2D eigenvalue weighted by atomic mass is 9.92. The van der Waals surface area contributed by atoms with Gasteiger partial charge in [-0.1, -0.05) is 11.1 Å². The molecular weight excluding hydrogens is 214 g/mol. The fraction of sp³-hybridized carbons (Fsp3) is 0.786. The van der Waals surface area contributed by atoms with Gasteiger partial charge in [-0.15, -0.1) is 0 Å². The van der Waals surface area contributed by atoms with Crippen molar-refractivity contribution in [3.05, 3.63) is 11.1 Å². The van der Waals surface area contributed by atoms with Gasteiger partial charge in [0.15, 0.2) is 0 Å². The fourth-order valence-corrected chi connectivity index (χ4v) is 2.02. The van der Waals surface area contributed by atoms with Gasteiger partial charge >= 0.3 is 6.09 Å². The highest BCUT2D eigenvalue weighted by Gasteiger charge is 2.21. The molecule has 0 bridgehead atoms. The van der Waals surface area contributed by atoms with Gasteiger partial charge in [-0.3, -0.25) is 0 Å². The van der Waals surface area contributed by atoms with Crippen LogP contribution in [-0.2, 0) is 4.74 Å². The lowest BCUT2D eigenvalue weighted by Gasteiger charge is -2.27. The Labute approximate surface area is 105 Å². The third-order valence-corrected chi connectivity index (χ3v) is 3.02. The molecule has 3 nitrogen and oxygen atoms in total. The molecule has 3 heteroatoms. The Morgan fingerprint density at radius 1 is 1.29 bits per heavy atom. The van der Waals surface area contributed by atoms with Crippen LogP contribution in [0.3, 0.4) is 0 Å². The summed E-state index contributed by atoms with van der Waals surface area (Å²) < 4.78 is 5.34. The summed E-state index contributed by atoms with van der Waals surface area (Å²) >= 11 is 0. The summed E-state index contributed by atoms with van der Waals surface area (Å²) in [4.78, 5) is 13.5. The molecule has 98 valence electrons. The minimum atomic E-state index is -0.415. The summed E-state index contributed by atoms with van der Waals surface area (Å²) in [6.45, 7) is 8.57. The van der Waals surface area contributed by atoms with Crippen molar-refractivity contribution in [2.45, 2.75) is 59.0 Å². The Morgan fingerprint density at radius 3 is 2.41 bits per heavy atom. The van der Waals surface area contributed by atoms with Crippen LogP contribution in [0.1, 0.15) is 53.4 Å². The van der Waals surface area contributed by atoms with Gasteiger partial charge in [0.05, 0.1) is 0 Å². The molecule has 0 aromatic rings. The van der Waals surface area contributed by atoms with Crippen LogP contribution in [0.5, 0.6) is 0 Å². The van der Waals surface area contributed by atoms with E-state index in [1.54, 1.807) is 4.90 Å². The van der Waals surface area contributed by atoms with E-state index in [2.05, 4.69) is 6.92 Å². The Kier molecular flexibility index (Phi) is 4.61. The highest BCUT2D eigenvalue weighted by Crippen LogP contribution is 2.24. The smallest absolute Gasteiger partial charge is 0.410 e. The maximum Gasteiger partial charge on any atom is 0.410 e. The molecule has 0 aromatic heterocycles. The molecular formula is C14H25NO2. The van der Waals surface area contributed by atoms with E-state index in [9.17, 15) is 4.79 Å². The van der Waals surface area contributed by atoms with E-state index in [1.165, 1.54) is 30.4 Å². The third-order valence-electron chi connectivity index (χ3n) is 3.02. The van der Waals surface area contributed by atoms with Crippen LogP contribution in [0.15, 0.2) is 11.1 Å². The van der Waals surface area contributed by atoms with Gasteiger partial charge < -0.3 is 9.64 Å². The highest BCUT2D eigenvalue weighted by molar-refractivity contribution is 5.68. The van der Waals surface area contributed by atoms with E-state index < -0.39 is 5.60 Å². The zero-order valence-electron chi connectivity index (χ0n) is 11.8. The first-order valence-corrected chi connectivity index (χ1v) is 6.41. The van der Waals surface area contributed by atoms with Crippen LogP contribution in [0.4, 0.5) is 4.79 Å².